The summed E-state index contributed by atoms with van der Waals surface area (Å²) in [6, 6.07) is 25.5. The van der Waals surface area contributed by atoms with E-state index in [9.17, 15) is 14.4 Å². The molecule has 1 unspecified atom stereocenters. The normalized spacial score (nSPS) is 21.4. The van der Waals surface area contributed by atoms with Crippen LogP contribution >= 0.6 is 0 Å². The summed E-state index contributed by atoms with van der Waals surface area (Å²) in [5, 5.41) is 0. The average Bonchev–Trinajstić information content (AvgIpc) is 3.17. The van der Waals surface area contributed by atoms with Crippen molar-refractivity contribution in [1.29, 1.82) is 0 Å². The molecule has 4 atom stereocenters. The first-order valence-electron chi connectivity index (χ1n) is 10.9. The lowest BCUT2D eigenvalue weighted by Gasteiger charge is -2.24. The summed E-state index contributed by atoms with van der Waals surface area (Å²) in [4.78, 5) is 37.9. The van der Waals surface area contributed by atoms with Gasteiger partial charge in [0.05, 0.1) is 22.8 Å². The minimum absolute atomic E-state index is 0.176. The minimum Gasteiger partial charge on any atom is -0.459 e. The van der Waals surface area contributed by atoms with Crippen LogP contribution in [-0.4, -0.2) is 48.9 Å². The molecule has 0 saturated carbocycles. The van der Waals surface area contributed by atoms with Crippen LogP contribution in [0.5, 0.6) is 0 Å². The van der Waals surface area contributed by atoms with Gasteiger partial charge in [0.1, 0.15) is 12.7 Å². The number of benzene rings is 3. The Morgan fingerprint density at radius 1 is 0.647 bits per heavy atom. The van der Waals surface area contributed by atoms with Crippen LogP contribution in [0.4, 0.5) is 0 Å². The van der Waals surface area contributed by atoms with Crippen LogP contribution in [-0.2, 0) is 18.9 Å². The Hall–Kier alpha value is -3.97. The third-order valence-electron chi connectivity index (χ3n) is 5.44. The van der Waals surface area contributed by atoms with Gasteiger partial charge in [0, 0.05) is 0 Å². The molecule has 1 fully saturated rings. The Kier molecular flexibility index (Phi) is 7.34. The maximum atomic E-state index is 12.8. The van der Waals surface area contributed by atoms with Gasteiger partial charge in [0.2, 0.25) is 0 Å². The first kappa shape index (κ1) is 23.2. The molecule has 7 nitrogen and oxygen atoms in total. The molecule has 34 heavy (non-hydrogen) atoms. The average molecular weight is 460 g/mol. The van der Waals surface area contributed by atoms with Crippen molar-refractivity contribution in [2.45, 2.75) is 31.3 Å². The number of hydrogen-bond acceptors (Lipinski definition) is 7. The topological polar surface area (TPSA) is 88.1 Å². The van der Waals surface area contributed by atoms with Crippen LogP contribution in [0.15, 0.2) is 91.0 Å². The number of ether oxygens (including phenoxy) is 4. The Morgan fingerprint density at radius 2 is 1.06 bits per heavy atom. The summed E-state index contributed by atoms with van der Waals surface area (Å²) in [7, 11) is 0. The summed E-state index contributed by atoms with van der Waals surface area (Å²) in [5.74, 6) is -1.69. The molecular formula is C27H24O7. The van der Waals surface area contributed by atoms with E-state index in [0.717, 1.165) is 0 Å². The summed E-state index contributed by atoms with van der Waals surface area (Å²) in [6.07, 6.45) is -3.27. The summed E-state index contributed by atoms with van der Waals surface area (Å²) in [6.45, 7) is 1.54. The maximum Gasteiger partial charge on any atom is 0.338 e. The van der Waals surface area contributed by atoms with Crippen molar-refractivity contribution in [3.05, 3.63) is 108 Å². The van der Waals surface area contributed by atoms with E-state index in [1.165, 1.54) is 0 Å². The van der Waals surface area contributed by atoms with Crippen molar-refractivity contribution >= 4 is 17.9 Å². The van der Waals surface area contributed by atoms with Crippen LogP contribution in [0.3, 0.4) is 0 Å². The Bertz CT molecular complexity index is 1120. The molecule has 0 spiro atoms. The lowest BCUT2D eigenvalue weighted by atomic mass is 10.1. The monoisotopic (exact) mass is 460 g/mol. The highest BCUT2D eigenvalue weighted by atomic mass is 16.6. The maximum absolute atomic E-state index is 12.8. The van der Waals surface area contributed by atoms with Crippen molar-refractivity contribution in [3.8, 4) is 0 Å². The van der Waals surface area contributed by atoms with Gasteiger partial charge in [-0.05, 0) is 43.3 Å². The molecule has 0 bridgehead atoms. The molecular weight excluding hydrogens is 436 g/mol. The van der Waals surface area contributed by atoms with Crippen molar-refractivity contribution in [1.82, 2.24) is 0 Å². The highest BCUT2D eigenvalue weighted by molar-refractivity contribution is 5.91. The van der Waals surface area contributed by atoms with Gasteiger partial charge < -0.3 is 18.9 Å². The molecule has 1 aliphatic heterocycles. The highest BCUT2D eigenvalue weighted by Crippen LogP contribution is 2.29. The summed E-state index contributed by atoms with van der Waals surface area (Å²) >= 11 is 0. The second kappa shape index (κ2) is 10.8. The lowest BCUT2D eigenvalue weighted by molar-refractivity contribution is -0.0442. The van der Waals surface area contributed by atoms with Crippen LogP contribution in [0.1, 0.15) is 38.0 Å². The quantitative estimate of drug-likeness (QED) is 0.388. The predicted molar refractivity (Wildman–Crippen MR) is 122 cm³/mol. The van der Waals surface area contributed by atoms with Crippen LogP contribution in [0.25, 0.3) is 0 Å². The van der Waals surface area contributed by atoms with E-state index in [0.29, 0.717) is 16.7 Å². The van der Waals surface area contributed by atoms with Crippen LogP contribution in [0.2, 0.25) is 0 Å². The van der Waals surface area contributed by atoms with Gasteiger partial charge in [-0.25, -0.2) is 14.4 Å². The van der Waals surface area contributed by atoms with E-state index in [2.05, 4.69) is 0 Å². The van der Waals surface area contributed by atoms with Crippen LogP contribution in [0, 0.1) is 0 Å². The van der Waals surface area contributed by atoms with E-state index in [4.69, 9.17) is 18.9 Å². The fourth-order valence-electron chi connectivity index (χ4n) is 3.70. The van der Waals surface area contributed by atoms with Crippen LogP contribution < -0.4 is 0 Å². The largest absolute Gasteiger partial charge is 0.459 e. The van der Waals surface area contributed by atoms with Gasteiger partial charge in [-0.3, -0.25) is 0 Å². The summed E-state index contributed by atoms with van der Waals surface area (Å²) < 4.78 is 22.8. The van der Waals surface area contributed by atoms with E-state index in [-0.39, 0.29) is 6.61 Å². The first-order chi connectivity index (χ1) is 16.5. The van der Waals surface area contributed by atoms with Gasteiger partial charge in [0.15, 0.2) is 12.2 Å². The molecule has 4 rings (SSSR count). The molecule has 1 saturated heterocycles. The summed E-state index contributed by atoms with van der Waals surface area (Å²) in [5.41, 5.74) is 1.09. The minimum atomic E-state index is -0.973. The standard InChI is InChI=1S/C27H24O7/c1-18-23(33-26(29)20-13-7-3-8-14-20)24(34-27(30)21-15-9-4-10-16-21)22(32-18)17-31-25(28)19-11-5-2-6-12-19/h2-16,18,22-24H,17H2,1H3/t18?,22-,23-,24+/m0/s1. The Labute approximate surface area is 197 Å². The number of hydrogen-bond donors (Lipinski definition) is 0. The Balaban J connectivity index is 1.51. The van der Waals surface area contributed by atoms with E-state index in [1.807, 2.05) is 0 Å². The van der Waals surface area contributed by atoms with E-state index in [1.54, 1.807) is 97.9 Å². The first-order valence-corrected chi connectivity index (χ1v) is 10.9. The molecule has 0 aliphatic carbocycles. The second-order valence-corrected chi connectivity index (χ2v) is 7.82. The van der Waals surface area contributed by atoms with Gasteiger partial charge >= 0.3 is 17.9 Å². The third-order valence-corrected chi connectivity index (χ3v) is 5.44. The highest BCUT2D eigenvalue weighted by Gasteiger charge is 2.48. The fourth-order valence-corrected chi connectivity index (χ4v) is 3.70. The molecule has 174 valence electrons. The van der Waals surface area contributed by atoms with Crippen molar-refractivity contribution in [2.75, 3.05) is 6.61 Å². The van der Waals surface area contributed by atoms with Crippen molar-refractivity contribution in [3.63, 3.8) is 0 Å². The van der Waals surface area contributed by atoms with E-state index < -0.39 is 42.3 Å². The number of rotatable bonds is 7. The van der Waals surface area contributed by atoms with Gasteiger partial charge in [-0.1, -0.05) is 54.6 Å². The molecule has 0 N–H and O–H groups in total. The third kappa shape index (κ3) is 5.50. The number of carbonyl (C=O) groups is 3. The molecule has 0 radical (unpaired) electrons. The molecule has 3 aromatic rings. The predicted octanol–water partition coefficient (Wildman–Crippen LogP) is 4.08. The SMILES string of the molecule is CC1O[C@@H](COC(=O)c2ccccc2)[C@@H](OC(=O)c2ccccc2)[C@H]1OC(=O)c1ccccc1. The molecule has 3 aromatic carbocycles. The second-order valence-electron chi connectivity index (χ2n) is 7.82. The lowest BCUT2D eigenvalue weighted by Crippen LogP contribution is -2.41. The molecule has 0 aromatic heterocycles. The van der Waals surface area contributed by atoms with Gasteiger partial charge in [-0.15, -0.1) is 0 Å². The van der Waals surface area contributed by atoms with Gasteiger partial charge in [0.25, 0.3) is 0 Å². The zero-order valence-corrected chi connectivity index (χ0v) is 18.5. The van der Waals surface area contributed by atoms with Crippen molar-refractivity contribution in [2.24, 2.45) is 0 Å². The van der Waals surface area contributed by atoms with E-state index >= 15 is 0 Å². The molecule has 0 amide bonds. The van der Waals surface area contributed by atoms with Crippen molar-refractivity contribution < 1.29 is 33.3 Å². The number of esters is 3. The Morgan fingerprint density at radius 3 is 1.53 bits per heavy atom. The fraction of sp³-hybridized carbons (Fsp3) is 0.222. The zero-order chi connectivity index (χ0) is 23.9. The zero-order valence-electron chi connectivity index (χ0n) is 18.5. The number of carbonyl (C=O) groups excluding carboxylic acids is 3. The molecule has 1 aliphatic rings. The smallest absolute Gasteiger partial charge is 0.338 e. The van der Waals surface area contributed by atoms with Gasteiger partial charge in [-0.2, -0.15) is 0 Å². The molecule has 7 heteroatoms. The molecule has 1 heterocycles.